The molecule has 102 valence electrons. The molecule has 1 aliphatic heterocycles. The van der Waals surface area contributed by atoms with Crippen molar-refractivity contribution < 1.29 is 19.1 Å². The summed E-state index contributed by atoms with van der Waals surface area (Å²) in [5.41, 5.74) is 1.12. The van der Waals surface area contributed by atoms with Crippen LogP contribution in [0.5, 0.6) is 5.75 Å². The molecule has 0 aromatic heterocycles. The fourth-order valence-electron chi connectivity index (χ4n) is 2.16. The molecule has 1 aromatic rings. The Labute approximate surface area is 112 Å². The topological polar surface area (TPSA) is 55.8 Å². The summed E-state index contributed by atoms with van der Waals surface area (Å²) >= 11 is 0. The highest BCUT2D eigenvalue weighted by Gasteiger charge is 2.32. The maximum Gasteiger partial charge on any atom is 0.337 e. The molecule has 0 aliphatic carbocycles. The molecule has 19 heavy (non-hydrogen) atoms. The van der Waals surface area contributed by atoms with Crippen LogP contribution in [0.2, 0.25) is 0 Å². The predicted octanol–water partition coefficient (Wildman–Crippen LogP) is 2.00. The first kappa shape index (κ1) is 13.4. The number of anilines is 1. The maximum absolute atomic E-state index is 12.1. The Morgan fingerprint density at radius 2 is 2.16 bits per heavy atom. The Kier molecular flexibility index (Phi) is 3.74. The molecular formula is C14H17NO4. The number of carbonyl (C=O) groups excluding carboxylic acids is 2. The van der Waals surface area contributed by atoms with Crippen molar-refractivity contribution in [1.29, 1.82) is 0 Å². The van der Waals surface area contributed by atoms with E-state index in [0.717, 1.165) is 0 Å². The Morgan fingerprint density at radius 3 is 2.74 bits per heavy atom. The molecule has 0 fully saturated rings. The number of nitrogens with zero attached hydrogens (tertiary/aromatic N) is 1. The highest BCUT2D eigenvalue weighted by Crippen LogP contribution is 2.35. The molecule has 1 amide bonds. The van der Waals surface area contributed by atoms with E-state index in [1.165, 1.54) is 7.11 Å². The molecule has 5 nitrogen and oxygen atoms in total. The molecule has 0 saturated heterocycles. The van der Waals surface area contributed by atoms with E-state index in [2.05, 4.69) is 4.74 Å². The van der Waals surface area contributed by atoms with E-state index in [1.54, 1.807) is 23.1 Å². The predicted molar refractivity (Wildman–Crippen MR) is 70.5 cm³/mol. The van der Waals surface area contributed by atoms with Gasteiger partial charge < -0.3 is 14.4 Å². The molecule has 1 aliphatic rings. The lowest BCUT2D eigenvalue weighted by molar-refractivity contribution is -0.126. The summed E-state index contributed by atoms with van der Waals surface area (Å²) in [6.45, 7) is 4.38. The van der Waals surface area contributed by atoms with Gasteiger partial charge in [-0.3, -0.25) is 4.79 Å². The van der Waals surface area contributed by atoms with Crippen LogP contribution in [0, 0.1) is 0 Å². The number of rotatable bonds is 3. The lowest BCUT2D eigenvalue weighted by Gasteiger charge is -2.33. The number of amides is 1. The summed E-state index contributed by atoms with van der Waals surface area (Å²) in [7, 11) is 1.33. The minimum Gasteiger partial charge on any atom is -0.478 e. The second-order valence-corrected chi connectivity index (χ2v) is 4.27. The highest BCUT2D eigenvalue weighted by atomic mass is 16.5. The first-order chi connectivity index (χ1) is 9.12. The fraction of sp³-hybridized carbons (Fsp3) is 0.429. The van der Waals surface area contributed by atoms with Gasteiger partial charge in [-0.1, -0.05) is 6.92 Å². The Morgan fingerprint density at radius 1 is 1.42 bits per heavy atom. The van der Waals surface area contributed by atoms with E-state index in [9.17, 15) is 9.59 Å². The van der Waals surface area contributed by atoms with E-state index >= 15 is 0 Å². The van der Waals surface area contributed by atoms with Crippen LogP contribution in [0.1, 0.15) is 30.6 Å². The van der Waals surface area contributed by atoms with Gasteiger partial charge in [-0.25, -0.2) is 4.79 Å². The SMILES string of the molecule is CC[C@@H]1Oc2cc(C(=O)OC)ccc2N(CC)C1=O. The van der Waals surface area contributed by atoms with Gasteiger partial charge in [-0.2, -0.15) is 0 Å². The van der Waals surface area contributed by atoms with Crippen molar-refractivity contribution in [1.82, 2.24) is 0 Å². The normalized spacial score (nSPS) is 17.7. The summed E-state index contributed by atoms with van der Waals surface area (Å²) in [6, 6.07) is 4.98. The zero-order valence-electron chi connectivity index (χ0n) is 11.3. The standard InChI is InChI=1S/C14H17NO4/c1-4-11-13(16)15(5-2)10-7-6-9(14(17)18-3)8-12(10)19-11/h6-8,11H,4-5H2,1-3H3/t11-/m0/s1. The molecule has 0 N–H and O–H groups in total. The number of likely N-dealkylation sites (N-methyl/N-ethyl adjacent to an activating group) is 1. The van der Waals surface area contributed by atoms with Crippen LogP contribution in [-0.4, -0.2) is 31.6 Å². The third kappa shape index (κ3) is 2.28. The van der Waals surface area contributed by atoms with Crippen molar-refractivity contribution >= 4 is 17.6 Å². The van der Waals surface area contributed by atoms with Crippen LogP contribution in [0.15, 0.2) is 18.2 Å². The van der Waals surface area contributed by atoms with Gasteiger partial charge in [-0.05, 0) is 31.5 Å². The van der Waals surface area contributed by atoms with Crippen LogP contribution in [-0.2, 0) is 9.53 Å². The average molecular weight is 263 g/mol. The molecular weight excluding hydrogens is 246 g/mol. The maximum atomic E-state index is 12.1. The zero-order valence-corrected chi connectivity index (χ0v) is 11.3. The van der Waals surface area contributed by atoms with E-state index in [-0.39, 0.29) is 5.91 Å². The highest BCUT2D eigenvalue weighted by molar-refractivity contribution is 6.01. The van der Waals surface area contributed by atoms with Gasteiger partial charge in [0.2, 0.25) is 0 Å². The third-order valence-electron chi connectivity index (χ3n) is 3.17. The van der Waals surface area contributed by atoms with E-state index in [1.807, 2.05) is 13.8 Å². The number of hydrogen-bond donors (Lipinski definition) is 0. The Balaban J connectivity index is 2.44. The minimum atomic E-state index is -0.486. The minimum absolute atomic E-state index is 0.0386. The molecule has 0 unspecified atom stereocenters. The van der Waals surface area contributed by atoms with Gasteiger partial charge in [0.05, 0.1) is 18.4 Å². The van der Waals surface area contributed by atoms with Crippen LogP contribution in [0.25, 0.3) is 0 Å². The average Bonchev–Trinajstić information content (AvgIpc) is 2.45. The van der Waals surface area contributed by atoms with Crippen molar-refractivity contribution in [2.24, 2.45) is 0 Å². The van der Waals surface area contributed by atoms with Crippen molar-refractivity contribution in [2.75, 3.05) is 18.6 Å². The number of hydrogen-bond acceptors (Lipinski definition) is 4. The Hall–Kier alpha value is -2.04. The molecule has 0 radical (unpaired) electrons. The van der Waals surface area contributed by atoms with Gasteiger partial charge in [0.25, 0.3) is 5.91 Å². The first-order valence-corrected chi connectivity index (χ1v) is 6.32. The van der Waals surface area contributed by atoms with Crippen LogP contribution < -0.4 is 9.64 Å². The number of benzene rings is 1. The molecule has 1 heterocycles. The molecule has 0 bridgehead atoms. The lowest BCUT2D eigenvalue weighted by atomic mass is 10.1. The molecule has 1 atom stereocenters. The summed E-state index contributed by atoms with van der Waals surface area (Å²) in [5, 5.41) is 0. The first-order valence-electron chi connectivity index (χ1n) is 6.32. The molecule has 1 aromatic carbocycles. The van der Waals surface area contributed by atoms with Gasteiger partial charge in [0.15, 0.2) is 6.10 Å². The number of fused-ring (bicyclic) bond motifs is 1. The lowest BCUT2D eigenvalue weighted by Crippen LogP contribution is -2.45. The van der Waals surface area contributed by atoms with Gasteiger partial charge >= 0.3 is 5.97 Å². The summed E-state index contributed by atoms with van der Waals surface area (Å²) < 4.78 is 10.3. The molecule has 5 heteroatoms. The number of ether oxygens (including phenoxy) is 2. The monoisotopic (exact) mass is 263 g/mol. The van der Waals surface area contributed by atoms with Crippen LogP contribution in [0.4, 0.5) is 5.69 Å². The van der Waals surface area contributed by atoms with Gasteiger partial charge in [0.1, 0.15) is 5.75 Å². The number of carbonyl (C=O) groups is 2. The molecule has 2 rings (SSSR count). The quantitative estimate of drug-likeness (QED) is 0.783. The van der Waals surface area contributed by atoms with Crippen molar-refractivity contribution in [3.8, 4) is 5.75 Å². The van der Waals surface area contributed by atoms with Crippen molar-refractivity contribution in [3.05, 3.63) is 23.8 Å². The largest absolute Gasteiger partial charge is 0.478 e. The van der Waals surface area contributed by atoms with E-state index in [4.69, 9.17) is 4.74 Å². The number of esters is 1. The third-order valence-corrected chi connectivity index (χ3v) is 3.17. The van der Waals surface area contributed by atoms with Gasteiger partial charge in [0, 0.05) is 6.54 Å². The molecule has 0 spiro atoms. The second kappa shape index (κ2) is 5.30. The summed E-state index contributed by atoms with van der Waals surface area (Å²) in [5.74, 6) is 0.0962. The fourth-order valence-corrected chi connectivity index (χ4v) is 2.16. The summed E-state index contributed by atoms with van der Waals surface area (Å²) in [6.07, 6.45) is 0.109. The van der Waals surface area contributed by atoms with E-state index < -0.39 is 12.1 Å². The second-order valence-electron chi connectivity index (χ2n) is 4.27. The van der Waals surface area contributed by atoms with E-state index in [0.29, 0.717) is 30.0 Å². The van der Waals surface area contributed by atoms with Crippen molar-refractivity contribution in [3.63, 3.8) is 0 Å². The Bertz CT molecular complexity index is 512. The van der Waals surface area contributed by atoms with Crippen LogP contribution in [0.3, 0.4) is 0 Å². The zero-order chi connectivity index (χ0) is 14.0. The van der Waals surface area contributed by atoms with Crippen LogP contribution >= 0.6 is 0 Å². The molecule has 0 saturated carbocycles. The number of methoxy groups -OCH3 is 1. The van der Waals surface area contributed by atoms with Crippen molar-refractivity contribution in [2.45, 2.75) is 26.4 Å². The van der Waals surface area contributed by atoms with Gasteiger partial charge in [-0.15, -0.1) is 0 Å². The smallest absolute Gasteiger partial charge is 0.337 e. The summed E-state index contributed by atoms with van der Waals surface area (Å²) in [4.78, 5) is 25.3.